The minimum Gasteiger partial charge on any atom is -0.350 e. The van der Waals surface area contributed by atoms with Crippen LogP contribution < -0.4 is 5.32 Å². The fraction of sp³-hybridized carbons (Fsp3) is 0.333. The minimum atomic E-state index is -0.0115. The minimum absolute atomic E-state index is 0.0115. The fourth-order valence-corrected chi connectivity index (χ4v) is 3.92. The Labute approximate surface area is 155 Å². The van der Waals surface area contributed by atoms with Gasteiger partial charge in [0.1, 0.15) is 0 Å². The molecule has 0 atom stereocenters. The number of carbonyl (C=O) groups is 2. The van der Waals surface area contributed by atoms with Gasteiger partial charge in [-0.3, -0.25) is 14.5 Å². The molecule has 132 valence electrons. The summed E-state index contributed by atoms with van der Waals surface area (Å²) in [7, 11) is 0. The largest absolute Gasteiger partial charge is 0.350 e. The van der Waals surface area contributed by atoms with Crippen molar-refractivity contribution < 1.29 is 9.59 Å². The smallest absolute Gasteiger partial charge is 0.261 e. The molecule has 3 rings (SSSR count). The molecule has 0 spiro atoms. The lowest BCUT2D eigenvalue weighted by Gasteiger charge is -2.34. The average molecular weight is 376 g/mol. The SMILES string of the molecule is O=C(NCCN1CCN(C(=O)/C=C/c2cccs2)CC1)c1cccs1. The maximum Gasteiger partial charge on any atom is 0.261 e. The van der Waals surface area contributed by atoms with E-state index in [0.717, 1.165) is 42.5 Å². The van der Waals surface area contributed by atoms with E-state index in [-0.39, 0.29) is 11.8 Å². The molecule has 5 nitrogen and oxygen atoms in total. The molecule has 1 N–H and O–H groups in total. The van der Waals surface area contributed by atoms with Gasteiger partial charge in [0.25, 0.3) is 5.91 Å². The molecule has 3 heterocycles. The van der Waals surface area contributed by atoms with Crippen molar-refractivity contribution in [2.45, 2.75) is 0 Å². The van der Waals surface area contributed by atoms with Crippen LogP contribution in [-0.2, 0) is 4.79 Å². The third-order valence-corrected chi connectivity index (χ3v) is 5.78. The first-order valence-electron chi connectivity index (χ1n) is 8.27. The molecule has 1 fully saturated rings. The summed E-state index contributed by atoms with van der Waals surface area (Å²) in [6.07, 6.45) is 3.53. The topological polar surface area (TPSA) is 52.7 Å². The zero-order chi connectivity index (χ0) is 17.5. The van der Waals surface area contributed by atoms with Crippen LogP contribution in [0, 0.1) is 0 Å². The Hall–Kier alpha value is -1.96. The molecule has 1 saturated heterocycles. The molecule has 7 heteroatoms. The summed E-state index contributed by atoms with van der Waals surface area (Å²) in [6, 6.07) is 7.68. The van der Waals surface area contributed by atoms with E-state index in [1.54, 1.807) is 17.4 Å². The highest BCUT2D eigenvalue weighted by atomic mass is 32.1. The predicted molar refractivity (Wildman–Crippen MR) is 103 cm³/mol. The molecule has 0 aromatic carbocycles. The Morgan fingerprint density at radius 1 is 1.08 bits per heavy atom. The third-order valence-electron chi connectivity index (χ3n) is 4.08. The Balaban J connectivity index is 1.35. The second kappa shape index (κ2) is 8.94. The number of nitrogens with one attached hydrogen (secondary N) is 1. The van der Waals surface area contributed by atoms with Crippen molar-refractivity contribution in [3.8, 4) is 0 Å². The molecule has 0 radical (unpaired) electrons. The molecule has 0 bridgehead atoms. The van der Waals surface area contributed by atoms with Crippen molar-refractivity contribution in [2.75, 3.05) is 39.3 Å². The van der Waals surface area contributed by atoms with Crippen molar-refractivity contribution >= 4 is 40.6 Å². The highest BCUT2D eigenvalue weighted by molar-refractivity contribution is 7.12. The molecule has 0 unspecified atom stereocenters. The molecular weight excluding hydrogens is 354 g/mol. The number of rotatable bonds is 6. The summed E-state index contributed by atoms with van der Waals surface area (Å²) >= 11 is 3.07. The lowest BCUT2D eigenvalue weighted by Crippen LogP contribution is -2.49. The number of thiophene rings is 2. The maximum atomic E-state index is 12.2. The number of hydrogen-bond donors (Lipinski definition) is 1. The maximum absolute atomic E-state index is 12.2. The van der Waals surface area contributed by atoms with Gasteiger partial charge >= 0.3 is 0 Å². The normalized spacial score (nSPS) is 15.6. The van der Waals surface area contributed by atoms with E-state index in [2.05, 4.69) is 10.2 Å². The number of carbonyl (C=O) groups excluding carboxylic acids is 2. The third kappa shape index (κ3) is 5.26. The molecule has 1 aliphatic heterocycles. The van der Waals surface area contributed by atoms with E-state index in [9.17, 15) is 9.59 Å². The highest BCUT2D eigenvalue weighted by Crippen LogP contribution is 2.11. The highest BCUT2D eigenvalue weighted by Gasteiger charge is 2.19. The van der Waals surface area contributed by atoms with Crippen molar-refractivity contribution in [2.24, 2.45) is 0 Å². The monoisotopic (exact) mass is 375 g/mol. The summed E-state index contributed by atoms with van der Waals surface area (Å²) in [6.45, 7) is 4.58. The number of nitrogens with zero attached hydrogens (tertiary/aromatic N) is 2. The first-order chi connectivity index (χ1) is 12.2. The van der Waals surface area contributed by atoms with Crippen molar-refractivity contribution in [3.63, 3.8) is 0 Å². The van der Waals surface area contributed by atoms with Gasteiger partial charge in [-0.2, -0.15) is 0 Å². The molecular formula is C18H21N3O2S2. The van der Waals surface area contributed by atoms with Crippen LogP contribution in [0.25, 0.3) is 6.08 Å². The van der Waals surface area contributed by atoms with Crippen LogP contribution in [-0.4, -0.2) is 60.9 Å². The van der Waals surface area contributed by atoms with Crippen molar-refractivity contribution in [1.29, 1.82) is 0 Å². The van der Waals surface area contributed by atoms with Gasteiger partial charge in [0.2, 0.25) is 5.91 Å². The zero-order valence-electron chi connectivity index (χ0n) is 13.9. The van der Waals surface area contributed by atoms with Gasteiger partial charge in [-0.1, -0.05) is 12.1 Å². The van der Waals surface area contributed by atoms with E-state index in [1.165, 1.54) is 11.3 Å². The van der Waals surface area contributed by atoms with Crippen LogP contribution in [0.15, 0.2) is 41.1 Å². The van der Waals surface area contributed by atoms with Gasteiger partial charge in [-0.25, -0.2) is 0 Å². The predicted octanol–water partition coefficient (Wildman–Crippen LogP) is 2.40. The molecule has 2 aromatic heterocycles. The fourth-order valence-electron chi connectivity index (χ4n) is 2.66. The van der Waals surface area contributed by atoms with Crippen molar-refractivity contribution in [3.05, 3.63) is 50.9 Å². The quantitative estimate of drug-likeness (QED) is 0.789. The van der Waals surface area contributed by atoms with E-state index in [0.29, 0.717) is 6.54 Å². The summed E-state index contributed by atoms with van der Waals surface area (Å²) in [5, 5.41) is 6.84. The summed E-state index contributed by atoms with van der Waals surface area (Å²) < 4.78 is 0. The van der Waals surface area contributed by atoms with E-state index < -0.39 is 0 Å². The summed E-state index contributed by atoms with van der Waals surface area (Å²) in [4.78, 5) is 30.1. The van der Waals surface area contributed by atoms with Crippen LogP contribution in [0.3, 0.4) is 0 Å². The molecule has 0 saturated carbocycles. The standard InChI is InChI=1S/C18H21N3O2S2/c22-17(6-5-15-3-1-13-24-15)21-11-9-20(10-12-21)8-7-19-18(23)16-4-2-14-25-16/h1-6,13-14H,7-12H2,(H,19,23)/b6-5+. The van der Waals surface area contributed by atoms with Crippen LogP contribution >= 0.6 is 22.7 Å². The van der Waals surface area contributed by atoms with Crippen LogP contribution in [0.5, 0.6) is 0 Å². The second-order valence-electron chi connectivity index (χ2n) is 5.75. The van der Waals surface area contributed by atoms with Gasteiger partial charge in [-0.15, -0.1) is 22.7 Å². The second-order valence-corrected chi connectivity index (χ2v) is 7.68. The van der Waals surface area contributed by atoms with Crippen molar-refractivity contribution in [1.82, 2.24) is 15.1 Å². The number of piperazine rings is 1. The Morgan fingerprint density at radius 3 is 2.52 bits per heavy atom. The van der Waals surface area contributed by atoms with Crippen LogP contribution in [0.2, 0.25) is 0 Å². The first kappa shape index (κ1) is 17.8. The number of hydrogen-bond acceptors (Lipinski definition) is 5. The Bertz CT molecular complexity index is 703. The van der Waals surface area contributed by atoms with E-state index >= 15 is 0 Å². The van der Waals surface area contributed by atoms with Gasteiger partial charge in [0, 0.05) is 50.2 Å². The van der Waals surface area contributed by atoms with Crippen LogP contribution in [0.1, 0.15) is 14.5 Å². The zero-order valence-corrected chi connectivity index (χ0v) is 15.5. The van der Waals surface area contributed by atoms with Gasteiger partial charge in [-0.05, 0) is 29.0 Å². The van der Waals surface area contributed by atoms with E-state index in [1.807, 2.05) is 46.0 Å². The summed E-state index contributed by atoms with van der Waals surface area (Å²) in [5.74, 6) is 0.0570. The molecule has 1 aliphatic rings. The Kier molecular flexibility index (Phi) is 6.38. The average Bonchev–Trinajstić information content (AvgIpc) is 3.34. The van der Waals surface area contributed by atoms with Crippen LogP contribution in [0.4, 0.5) is 0 Å². The van der Waals surface area contributed by atoms with E-state index in [4.69, 9.17) is 0 Å². The Morgan fingerprint density at radius 2 is 1.84 bits per heavy atom. The molecule has 0 aliphatic carbocycles. The van der Waals surface area contributed by atoms with Gasteiger partial charge in [0.05, 0.1) is 4.88 Å². The summed E-state index contributed by atoms with van der Waals surface area (Å²) in [5.41, 5.74) is 0. The lowest BCUT2D eigenvalue weighted by atomic mass is 10.3. The molecule has 2 amide bonds. The lowest BCUT2D eigenvalue weighted by molar-refractivity contribution is -0.127. The number of amides is 2. The molecule has 2 aromatic rings. The van der Waals surface area contributed by atoms with Gasteiger partial charge < -0.3 is 10.2 Å². The molecule has 25 heavy (non-hydrogen) atoms. The first-order valence-corrected chi connectivity index (χ1v) is 10.0. The van der Waals surface area contributed by atoms with Gasteiger partial charge in [0.15, 0.2) is 0 Å².